The lowest BCUT2D eigenvalue weighted by atomic mass is 9.77. The van der Waals surface area contributed by atoms with E-state index in [1.807, 2.05) is 80.5 Å². The molecule has 4 aromatic carbocycles. The topological polar surface area (TPSA) is 179 Å². The van der Waals surface area contributed by atoms with Crippen LogP contribution < -0.4 is 25.2 Å². The zero-order valence-corrected chi connectivity index (χ0v) is 35.0. The maximum Gasteiger partial charge on any atom is 0.340 e. The van der Waals surface area contributed by atoms with E-state index in [2.05, 4.69) is 31.0 Å². The maximum atomic E-state index is 13.6. The Balaban J connectivity index is 0.789. The average Bonchev–Trinajstić information content (AvgIpc) is 3.55. The Kier molecular flexibility index (Phi) is 13.5. The Labute approximate surface area is 354 Å². The Morgan fingerprint density at radius 3 is 1.66 bits per heavy atom. The summed E-state index contributed by atoms with van der Waals surface area (Å²) in [4.78, 5) is 43.2. The van der Waals surface area contributed by atoms with Crippen LogP contribution in [0.5, 0.6) is 11.5 Å². The molecule has 0 saturated carbocycles. The Bertz CT molecular complexity index is 2300. The molecule has 0 atom stereocenters. The zero-order chi connectivity index (χ0) is 42.9. The number of nitrogens with zero attached hydrogens (tertiary/aromatic N) is 6. The third-order valence-corrected chi connectivity index (χ3v) is 10.3. The van der Waals surface area contributed by atoms with E-state index in [1.165, 1.54) is 0 Å². The highest BCUT2D eigenvalue weighted by molar-refractivity contribution is 6.01. The summed E-state index contributed by atoms with van der Waals surface area (Å²) in [6.45, 7) is 5.18. The Morgan fingerprint density at radius 1 is 0.623 bits per heavy atom. The molecule has 0 unspecified atom stereocenters. The zero-order valence-electron chi connectivity index (χ0n) is 35.0. The standard InChI is InChI=1S/C45H50N8O8/c1-29-48-50-41(51-49-29)30-8-10-31(11-9-30)42(54)46-18-6-20-57-22-24-59-25-23-58-21-7-19-47-43(55)32-12-15-36-35(26-32)44(56)61-45(36)37-16-13-33(52(2)3)27-39(37)60-40-28-34(53(4)5)14-17-38(40)45/h8-17,26-28H,6-7,18-25H2,1-5H3,(H,46,54)(H,47,55). The quantitative estimate of drug-likeness (QED) is 0.0845. The number of rotatable bonds is 19. The summed E-state index contributed by atoms with van der Waals surface area (Å²) in [6.07, 6.45) is 1.26. The van der Waals surface area contributed by atoms with Crippen molar-refractivity contribution in [1.29, 1.82) is 0 Å². The van der Waals surface area contributed by atoms with Gasteiger partial charge in [-0.3, -0.25) is 9.59 Å². The molecule has 2 aliphatic rings. The number of carbonyl (C=O) groups is 3. The van der Waals surface area contributed by atoms with Gasteiger partial charge in [-0.2, -0.15) is 0 Å². The number of hydrogen-bond acceptors (Lipinski definition) is 14. The molecule has 2 aliphatic heterocycles. The van der Waals surface area contributed by atoms with Crippen LogP contribution in [0, 0.1) is 6.92 Å². The van der Waals surface area contributed by atoms with E-state index in [4.69, 9.17) is 23.7 Å². The number of nitrogens with one attached hydrogen (secondary N) is 2. The van der Waals surface area contributed by atoms with Gasteiger partial charge in [-0.15, -0.1) is 20.4 Å². The lowest BCUT2D eigenvalue weighted by Crippen LogP contribution is -2.33. The molecule has 318 valence electrons. The highest BCUT2D eigenvalue weighted by Gasteiger charge is 2.53. The number of aryl methyl sites for hydroxylation is 1. The lowest BCUT2D eigenvalue weighted by molar-refractivity contribution is 0.0139. The van der Waals surface area contributed by atoms with Crippen molar-refractivity contribution in [3.63, 3.8) is 0 Å². The highest BCUT2D eigenvalue weighted by Crippen LogP contribution is 2.57. The molecule has 0 radical (unpaired) electrons. The monoisotopic (exact) mass is 830 g/mol. The van der Waals surface area contributed by atoms with Gasteiger partial charge >= 0.3 is 5.97 Å². The number of amides is 2. The average molecular weight is 831 g/mol. The lowest BCUT2D eigenvalue weighted by Gasteiger charge is -2.37. The van der Waals surface area contributed by atoms with Gasteiger partial charge < -0.3 is 44.1 Å². The molecule has 0 fully saturated rings. The molecule has 3 heterocycles. The largest absolute Gasteiger partial charge is 0.456 e. The van der Waals surface area contributed by atoms with E-state index < -0.39 is 11.6 Å². The molecule has 0 bridgehead atoms. The van der Waals surface area contributed by atoms with Crippen molar-refractivity contribution in [2.75, 3.05) is 90.7 Å². The van der Waals surface area contributed by atoms with Crippen LogP contribution in [0.1, 0.15) is 66.4 Å². The number of esters is 1. The van der Waals surface area contributed by atoms with Crippen molar-refractivity contribution >= 4 is 29.2 Å². The predicted molar refractivity (Wildman–Crippen MR) is 228 cm³/mol. The fraction of sp³-hybridized carbons (Fsp3) is 0.356. The summed E-state index contributed by atoms with van der Waals surface area (Å²) in [5, 5.41) is 21.6. The van der Waals surface area contributed by atoms with Gasteiger partial charge in [0.05, 0.1) is 32.0 Å². The second-order valence-corrected chi connectivity index (χ2v) is 15.0. The smallest absolute Gasteiger partial charge is 0.340 e. The van der Waals surface area contributed by atoms with E-state index in [9.17, 15) is 14.4 Å². The molecule has 61 heavy (non-hydrogen) atoms. The minimum atomic E-state index is -1.23. The number of carbonyl (C=O) groups excluding carboxylic acids is 3. The van der Waals surface area contributed by atoms with Crippen molar-refractivity contribution in [1.82, 2.24) is 31.0 Å². The minimum absolute atomic E-state index is 0.174. The van der Waals surface area contributed by atoms with Crippen molar-refractivity contribution < 1.29 is 38.1 Å². The summed E-state index contributed by atoms with van der Waals surface area (Å²) in [7, 11) is 7.82. The Hall–Kier alpha value is -6.49. The third kappa shape index (κ3) is 9.62. The second-order valence-electron chi connectivity index (χ2n) is 15.0. The molecular formula is C45H50N8O8. The van der Waals surface area contributed by atoms with Crippen LogP contribution in [0.2, 0.25) is 0 Å². The Morgan fingerprint density at radius 2 is 1.11 bits per heavy atom. The summed E-state index contributed by atoms with van der Waals surface area (Å²) in [6, 6.07) is 23.8. The number of aromatic nitrogens is 4. The fourth-order valence-corrected chi connectivity index (χ4v) is 7.07. The number of ether oxygens (including phenoxy) is 5. The molecule has 7 rings (SSSR count). The SMILES string of the molecule is Cc1nnc(-c2ccc(C(=O)NCCCOCCOCCOCCCNC(=O)c3ccc4c(c3)C(=O)OC43c4ccc(N(C)C)cc4Oc4cc(N(C)C)ccc43)cc2)nn1. The fourth-order valence-electron chi connectivity index (χ4n) is 7.07. The minimum Gasteiger partial charge on any atom is -0.456 e. The molecule has 1 aromatic heterocycles. The third-order valence-electron chi connectivity index (χ3n) is 10.3. The van der Waals surface area contributed by atoms with E-state index in [0.29, 0.717) is 122 Å². The summed E-state index contributed by atoms with van der Waals surface area (Å²) >= 11 is 0. The summed E-state index contributed by atoms with van der Waals surface area (Å²) in [5.41, 5.74) is 4.70. The van der Waals surface area contributed by atoms with Crippen LogP contribution in [0.15, 0.2) is 78.9 Å². The van der Waals surface area contributed by atoms with E-state index in [1.54, 1.807) is 43.3 Å². The van der Waals surface area contributed by atoms with E-state index in [0.717, 1.165) is 16.9 Å². The molecule has 0 aliphatic carbocycles. The van der Waals surface area contributed by atoms with E-state index >= 15 is 0 Å². The second kappa shape index (κ2) is 19.3. The van der Waals surface area contributed by atoms with Gasteiger partial charge in [-0.1, -0.05) is 18.2 Å². The molecule has 16 heteroatoms. The van der Waals surface area contributed by atoms with E-state index in [-0.39, 0.29) is 11.8 Å². The number of fused-ring (bicyclic) bond motifs is 6. The van der Waals surface area contributed by atoms with Gasteiger partial charge in [0.1, 0.15) is 11.5 Å². The first kappa shape index (κ1) is 42.6. The number of benzene rings is 4. The van der Waals surface area contributed by atoms with Crippen molar-refractivity contribution in [3.8, 4) is 22.9 Å². The van der Waals surface area contributed by atoms with Gasteiger partial charge in [-0.05, 0) is 68.3 Å². The first-order chi connectivity index (χ1) is 29.5. The van der Waals surface area contributed by atoms with Crippen molar-refractivity contribution in [3.05, 3.63) is 118 Å². The number of anilines is 2. The van der Waals surface area contributed by atoms with Crippen LogP contribution in [-0.4, -0.2) is 119 Å². The van der Waals surface area contributed by atoms with Gasteiger partial charge in [0, 0.05) is 111 Å². The molecule has 0 saturated heterocycles. The van der Waals surface area contributed by atoms with Crippen LogP contribution in [0.4, 0.5) is 11.4 Å². The van der Waals surface area contributed by atoms with Gasteiger partial charge in [-0.25, -0.2) is 4.79 Å². The van der Waals surface area contributed by atoms with Gasteiger partial charge in [0.2, 0.25) is 5.82 Å². The highest BCUT2D eigenvalue weighted by atomic mass is 16.6. The molecular weight excluding hydrogens is 781 g/mol. The molecule has 16 nitrogen and oxygen atoms in total. The van der Waals surface area contributed by atoms with Crippen LogP contribution in [0.25, 0.3) is 11.4 Å². The van der Waals surface area contributed by atoms with Crippen LogP contribution >= 0.6 is 0 Å². The van der Waals surface area contributed by atoms with Gasteiger partial charge in [0.15, 0.2) is 11.4 Å². The summed E-state index contributed by atoms with van der Waals surface area (Å²) in [5.74, 6) is 1.10. The summed E-state index contributed by atoms with van der Waals surface area (Å²) < 4.78 is 29.7. The molecule has 2 amide bonds. The first-order valence-electron chi connectivity index (χ1n) is 20.2. The number of hydrogen-bond donors (Lipinski definition) is 2. The van der Waals surface area contributed by atoms with Crippen LogP contribution in [0.3, 0.4) is 0 Å². The van der Waals surface area contributed by atoms with Crippen molar-refractivity contribution in [2.45, 2.75) is 25.4 Å². The molecule has 1 spiro atoms. The molecule has 5 aromatic rings. The van der Waals surface area contributed by atoms with Crippen LogP contribution in [-0.2, 0) is 24.5 Å². The maximum absolute atomic E-state index is 13.6. The predicted octanol–water partition coefficient (Wildman–Crippen LogP) is 4.93. The van der Waals surface area contributed by atoms with Gasteiger partial charge in [0.25, 0.3) is 11.8 Å². The van der Waals surface area contributed by atoms with Crippen molar-refractivity contribution in [2.24, 2.45) is 0 Å². The molecule has 2 N–H and O–H groups in total. The first-order valence-corrected chi connectivity index (χ1v) is 20.2. The normalized spacial score (nSPS) is 13.1.